The lowest BCUT2D eigenvalue weighted by molar-refractivity contribution is -0.121. The van der Waals surface area contributed by atoms with E-state index in [4.69, 9.17) is 15.2 Å². The van der Waals surface area contributed by atoms with Crippen LogP contribution < -0.4 is 20.5 Å². The zero-order chi connectivity index (χ0) is 13.4. The molecule has 5 nitrogen and oxygen atoms in total. The zero-order valence-corrected chi connectivity index (χ0v) is 10.9. The molecule has 0 radical (unpaired) electrons. The van der Waals surface area contributed by atoms with Crippen molar-refractivity contribution in [1.29, 1.82) is 0 Å². The van der Waals surface area contributed by atoms with Gasteiger partial charge in [0.2, 0.25) is 5.91 Å². The van der Waals surface area contributed by atoms with E-state index in [1.807, 2.05) is 18.2 Å². The maximum Gasteiger partial charge on any atom is 0.223 e. The van der Waals surface area contributed by atoms with Gasteiger partial charge in [0.15, 0.2) is 11.5 Å². The van der Waals surface area contributed by atoms with Gasteiger partial charge in [0.25, 0.3) is 0 Å². The Morgan fingerprint density at radius 2 is 2.17 bits per heavy atom. The van der Waals surface area contributed by atoms with Gasteiger partial charge in [-0.2, -0.15) is 0 Å². The SMILES string of the molecule is CNC(=O)CCOc1cc(CCN)ccc1OC. The number of hydrogen-bond donors (Lipinski definition) is 2. The second kappa shape index (κ2) is 7.55. The Bertz CT molecular complexity index is 394. The fourth-order valence-electron chi connectivity index (χ4n) is 1.53. The molecule has 0 spiro atoms. The Kier molecular flexibility index (Phi) is 6.00. The van der Waals surface area contributed by atoms with Crippen molar-refractivity contribution in [2.45, 2.75) is 12.8 Å². The van der Waals surface area contributed by atoms with Crippen molar-refractivity contribution in [2.75, 3.05) is 27.3 Å². The van der Waals surface area contributed by atoms with E-state index in [-0.39, 0.29) is 5.91 Å². The molecule has 0 aliphatic heterocycles. The van der Waals surface area contributed by atoms with E-state index in [1.54, 1.807) is 14.2 Å². The molecule has 3 N–H and O–H groups in total. The Labute approximate surface area is 107 Å². The summed E-state index contributed by atoms with van der Waals surface area (Å²) < 4.78 is 10.8. The Morgan fingerprint density at radius 1 is 1.39 bits per heavy atom. The normalized spacial score (nSPS) is 9.94. The molecular formula is C13H20N2O3. The highest BCUT2D eigenvalue weighted by Crippen LogP contribution is 2.28. The number of nitrogens with two attached hydrogens (primary N) is 1. The van der Waals surface area contributed by atoms with Crippen LogP contribution in [0.5, 0.6) is 11.5 Å². The lowest BCUT2D eigenvalue weighted by Gasteiger charge is -2.12. The van der Waals surface area contributed by atoms with E-state index in [0.717, 1.165) is 12.0 Å². The van der Waals surface area contributed by atoms with Crippen molar-refractivity contribution in [3.05, 3.63) is 23.8 Å². The highest BCUT2D eigenvalue weighted by Gasteiger charge is 2.06. The standard InChI is InChI=1S/C13H20N2O3/c1-15-13(16)6-8-18-12-9-10(5-7-14)3-4-11(12)17-2/h3-4,9H,5-8,14H2,1-2H3,(H,15,16). The van der Waals surface area contributed by atoms with Gasteiger partial charge in [-0.05, 0) is 30.7 Å². The number of hydrogen-bond acceptors (Lipinski definition) is 4. The molecule has 0 aliphatic carbocycles. The van der Waals surface area contributed by atoms with Gasteiger partial charge < -0.3 is 20.5 Å². The third-order valence-electron chi connectivity index (χ3n) is 2.53. The summed E-state index contributed by atoms with van der Waals surface area (Å²) in [6.45, 7) is 0.909. The molecule has 5 heteroatoms. The number of carbonyl (C=O) groups excluding carboxylic acids is 1. The van der Waals surface area contributed by atoms with Crippen LogP contribution in [0.4, 0.5) is 0 Å². The number of amides is 1. The van der Waals surface area contributed by atoms with Gasteiger partial charge >= 0.3 is 0 Å². The fourth-order valence-corrected chi connectivity index (χ4v) is 1.53. The van der Waals surface area contributed by atoms with E-state index in [0.29, 0.717) is 31.1 Å². The van der Waals surface area contributed by atoms with E-state index < -0.39 is 0 Å². The Balaban J connectivity index is 2.65. The van der Waals surface area contributed by atoms with Crippen LogP contribution in [-0.2, 0) is 11.2 Å². The van der Waals surface area contributed by atoms with Crippen LogP contribution in [-0.4, -0.2) is 33.2 Å². The minimum absolute atomic E-state index is 0.0490. The Morgan fingerprint density at radius 3 is 2.78 bits per heavy atom. The average Bonchev–Trinajstić information content (AvgIpc) is 2.39. The number of benzene rings is 1. The molecule has 1 amide bonds. The summed E-state index contributed by atoms with van der Waals surface area (Å²) in [6.07, 6.45) is 1.11. The monoisotopic (exact) mass is 252 g/mol. The summed E-state index contributed by atoms with van der Waals surface area (Å²) in [7, 11) is 3.19. The molecule has 0 bridgehead atoms. The third kappa shape index (κ3) is 4.25. The van der Waals surface area contributed by atoms with Gasteiger partial charge in [-0.15, -0.1) is 0 Å². The second-order valence-electron chi connectivity index (χ2n) is 3.80. The maximum atomic E-state index is 11.1. The van der Waals surface area contributed by atoms with Crippen molar-refractivity contribution in [3.8, 4) is 11.5 Å². The number of rotatable bonds is 7. The van der Waals surface area contributed by atoms with Gasteiger partial charge in [0.1, 0.15) is 0 Å². The van der Waals surface area contributed by atoms with Gasteiger partial charge in [-0.3, -0.25) is 4.79 Å². The smallest absolute Gasteiger partial charge is 0.223 e. The summed E-state index contributed by atoms with van der Waals surface area (Å²) in [5.41, 5.74) is 6.61. The molecule has 1 rings (SSSR count). The van der Waals surface area contributed by atoms with E-state index in [2.05, 4.69) is 5.32 Å². The van der Waals surface area contributed by atoms with Crippen molar-refractivity contribution >= 4 is 5.91 Å². The molecule has 0 atom stereocenters. The predicted molar refractivity (Wildman–Crippen MR) is 69.9 cm³/mol. The van der Waals surface area contributed by atoms with Crippen LogP contribution in [0.2, 0.25) is 0 Å². The van der Waals surface area contributed by atoms with Crippen molar-refractivity contribution in [3.63, 3.8) is 0 Å². The quantitative estimate of drug-likeness (QED) is 0.749. The summed E-state index contributed by atoms with van der Waals surface area (Å²) in [4.78, 5) is 11.1. The first-order valence-electron chi connectivity index (χ1n) is 5.91. The first kappa shape index (κ1) is 14.3. The van der Waals surface area contributed by atoms with E-state index >= 15 is 0 Å². The van der Waals surface area contributed by atoms with Gasteiger partial charge in [-0.1, -0.05) is 6.07 Å². The predicted octanol–water partition coefficient (Wildman–Crippen LogP) is 0.711. The summed E-state index contributed by atoms with van der Waals surface area (Å²) in [5.74, 6) is 1.26. The van der Waals surface area contributed by atoms with Crippen LogP contribution in [0.25, 0.3) is 0 Å². The molecular weight excluding hydrogens is 232 g/mol. The summed E-state index contributed by atoms with van der Waals surface area (Å²) >= 11 is 0. The largest absolute Gasteiger partial charge is 0.493 e. The van der Waals surface area contributed by atoms with Crippen LogP contribution in [0, 0.1) is 0 Å². The van der Waals surface area contributed by atoms with Crippen LogP contribution >= 0.6 is 0 Å². The molecule has 0 fully saturated rings. The first-order valence-corrected chi connectivity index (χ1v) is 5.91. The summed E-state index contributed by atoms with van der Waals surface area (Å²) in [5, 5.41) is 2.54. The molecule has 18 heavy (non-hydrogen) atoms. The van der Waals surface area contributed by atoms with E-state index in [9.17, 15) is 4.79 Å². The lowest BCUT2D eigenvalue weighted by atomic mass is 10.1. The summed E-state index contributed by atoms with van der Waals surface area (Å²) in [6, 6.07) is 5.70. The van der Waals surface area contributed by atoms with Crippen molar-refractivity contribution in [1.82, 2.24) is 5.32 Å². The molecule has 0 saturated carbocycles. The van der Waals surface area contributed by atoms with Crippen LogP contribution in [0.1, 0.15) is 12.0 Å². The van der Waals surface area contributed by atoms with Gasteiger partial charge in [0.05, 0.1) is 20.1 Å². The number of ether oxygens (including phenoxy) is 2. The minimum atomic E-state index is -0.0490. The molecule has 0 unspecified atom stereocenters. The van der Waals surface area contributed by atoms with Crippen LogP contribution in [0.3, 0.4) is 0 Å². The molecule has 1 aromatic carbocycles. The highest BCUT2D eigenvalue weighted by molar-refractivity contribution is 5.75. The molecule has 0 aliphatic rings. The number of methoxy groups -OCH3 is 1. The maximum absolute atomic E-state index is 11.1. The second-order valence-corrected chi connectivity index (χ2v) is 3.80. The number of carbonyl (C=O) groups is 1. The number of nitrogens with one attached hydrogen (secondary N) is 1. The van der Waals surface area contributed by atoms with E-state index in [1.165, 1.54) is 0 Å². The topological polar surface area (TPSA) is 73.6 Å². The molecule has 0 heterocycles. The molecule has 100 valence electrons. The molecule has 1 aromatic rings. The highest BCUT2D eigenvalue weighted by atomic mass is 16.5. The van der Waals surface area contributed by atoms with Crippen molar-refractivity contribution in [2.24, 2.45) is 5.73 Å². The first-order chi connectivity index (χ1) is 8.71. The molecule has 0 saturated heterocycles. The minimum Gasteiger partial charge on any atom is -0.493 e. The average molecular weight is 252 g/mol. The third-order valence-corrected chi connectivity index (χ3v) is 2.53. The molecule has 0 aromatic heterocycles. The van der Waals surface area contributed by atoms with Gasteiger partial charge in [-0.25, -0.2) is 0 Å². The lowest BCUT2D eigenvalue weighted by Crippen LogP contribution is -2.20. The van der Waals surface area contributed by atoms with Gasteiger partial charge in [0, 0.05) is 7.05 Å². The van der Waals surface area contributed by atoms with Crippen molar-refractivity contribution < 1.29 is 14.3 Å². The Hall–Kier alpha value is -1.75. The fraction of sp³-hybridized carbons (Fsp3) is 0.462. The zero-order valence-electron chi connectivity index (χ0n) is 10.9. The van der Waals surface area contributed by atoms with Crippen LogP contribution in [0.15, 0.2) is 18.2 Å².